The zero-order valence-corrected chi connectivity index (χ0v) is 26.1. The van der Waals surface area contributed by atoms with Crippen LogP contribution in [-0.2, 0) is 36.8 Å². The number of nitrogens with two attached hydrogens (primary N) is 1. The highest BCUT2D eigenvalue weighted by molar-refractivity contribution is 7.98. The molecule has 13 nitrogen and oxygen atoms in total. The molecule has 0 aliphatic heterocycles. The molecule has 3 amide bonds. The van der Waals surface area contributed by atoms with E-state index in [1.54, 1.807) is 12.4 Å². The van der Waals surface area contributed by atoms with Crippen LogP contribution in [0, 0.1) is 0 Å². The zero-order valence-electron chi connectivity index (χ0n) is 25.2. The lowest BCUT2D eigenvalue weighted by atomic mass is 10.0. The highest BCUT2D eigenvalue weighted by Crippen LogP contribution is 2.20. The third-order valence-corrected chi connectivity index (χ3v) is 8.33. The Balaban J connectivity index is 1.44. The summed E-state index contributed by atoms with van der Waals surface area (Å²) in [6.07, 6.45) is 4.92. The van der Waals surface area contributed by atoms with Gasteiger partial charge in [0.2, 0.25) is 17.7 Å². The third-order valence-electron chi connectivity index (χ3n) is 7.69. The molecule has 0 aliphatic rings. The van der Waals surface area contributed by atoms with Crippen LogP contribution in [0.4, 0.5) is 0 Å². The Bertz CT molecular complexity index is 1700. The van der Waals surface area contributed by atoms with Crippen molar-refractivity contribution in [1.82, 2.24) is 25.9 Å². The zero-order chi connectivity index (χ0) is 33.2. The van der Waals surface area contributed by atoms with Gasteiger partial charge in [-0.05, 0) is 54.5 Å². The normalized spacial score (nSPS) is 13.9. The van der Waals surface area contributed by atoms with Gasteiger partial charge >= 0.3 is 11.9 Å². The number of carbonyl (C=O) groups is 5. The lowest BCUT2D eigenvalue weighted by molar-refractivity contribution is -0.142. The SMILES string of the molecule is CSCCC(NC(=O)C(CCC(=O)O)NC(=O)C(N)Cc1c[nH]c2ccccc12)C(=O)NC(Cc1c[nH]c2ccccc12)C(=O)O. The van der Waals surface area contributed by atoms with Crippen LogP contribution in [0.1, 0.15) is 30.4 Å². The minimum Gasteiger partial charge on any atom is -0.481 e. The van der Waals surface area contributed by atoms with Gasteiger partial charge in [-0.1, -0.05) is 36.4 Å². The molecule has 14 heteroatoms. The number of H-pyrrole nitrogens is 2. The second-order valence-electron chi connectivity index (χ2n) is 11.0. The van der Waals surface area contributed by atoms with E-state index >= 15 is 0 Å². The summed E-state index contributed by atoms with van der Waals surface area (Å²) in [6.45, 7) is 0. The maximum atomic E-state index is 13.4. The maximum Gasteiger partial charge on any atom is 0.326 e. The van der Waals surface area contributed by atoms with Gasteiger partial charge in [0.1, 0.15) is 18.1 Å². The molecule has 4 atom stereocenters. The number of rotatable bonds is 17. The van der Waals surface area contributed by atoms with Crippen LogP contribution in [-0.4, -0.2) is 86.0 Å². The summed E-state index contributed by atoms with van der Waals surface area (Å²) in [6, 6.07) is 10.1. The van der Waals surface area contributed by atoms with Gasteiger partial charge in [0, 0.05) is 47.0 Å². The Morgan fingerprint density at radius 2 is 1.24 bits per heavy atom. The molecule has 0 bridgehead atoms. The summed E-state index contributed by atoms with van der Waals surface area (Å²) in [4.78, 5) is 69.6. The molecule has 0 fully saturated rings. The third kappa shape index (κ3) is 8.88. The molecule has 2 heterocycles. The fourth-order valence-electron chi connectivity index (χ4n) is 5.22. The summed E-state index contributed by atoms with van der Waals surface area (Å²) in [5.74, 6) is -4.11. The van der Waals surface area contributed by atoms with Gasteiger partial charge in [-0.2, -0.15) is 11.8 Å². The predicted molar refractivity (Wildman–Crippen MR) is 175 cm³/mol. The number of aliphatic carboxylic acids is 2. The number of carbonyl (C=O) groups excluding carboxylic acids is 3. The number of aromatic nitrogens is 2. The molecule has 0 saturated carbocycles. The summed E-state index contributed by atoms with van der Waals surface area (Å²) < 4.78 is 0. The number of carboxylic acid groups (broad SMARTS) is 2. The maximum absolute atomic E-state index is 13.4. The van der Waals surface area contributed by atoms with Gasteiger partial charge in [0.15, 0.2) is 0 Å². The van der Waals surface area contributed by atoms with Crippen LogP contribution in [0.25, 0.3) is 21.8 Å². The molecule has 0 radical (unpaired) electrons. The first-order valence-corrected chi connectivity index (χ1v) is 16.2. The number of benzene rings is 2. The lowest BCUT2D eigenvalue weighted by Gasteiger charge is -2.25. The van der Waals surface area contributed by atoms with E-state index in [-0.39, 0.29) is 25.7 Å². The number of hydrogen-bond acceptors (Lipinski definition) is 7. The van der Waals surface area contributed by atoms with Crippen LogP contribution in [0.3, 0.4) is 0 Å². The van der Waals surface area contributed by atoms with Gasteiger partial charge in [0.05, 0.1) is 6.04 Å². The van der Waals surface area contributed by atoms with Crippen molar-refractivity contribution in [2.75, 3.05) is 12.0 Å². The molecule has 4 unspecified atom stereocenters. The van der Waals surface area contributed by atoms with E-state index in [0.717, 1.165) is 27.4 Å². The largest absolute Gasteiger partial charge is 0.481 e. The number of aromatic amines is 2. The number of para-hydroxylation sites is 2. The van der Waals surface area contributed by atoms with Gasteiger partial charge in [-0.15, -0.1) is 0 Å². The average molecular weight is 651 g/mol. The average Bonchev–Trinajstić information content (AvgIpc) is 3.64. The van der Waals surface area contributed by atoms with Crippen molar-refractivity contribution in [2.45, 2.75) is 56.3 Å². The quantitative estimate of drug-likeness (QED) is 0.0835. The van der Waals surface area contributed by atoms with Crippen molar-refractivity contribution in [1.29, 1.82) is 0 Å². The monoisotopic (exact) mass is 650 g/mol. The standard InChI is InChI=1S/C32H38N6O7S/c1-46-13-12-26(31(43)38-27(32(44)45)15-19-17-35-24-9-5-3-7-21(19)24)37-30(42)25(10-11-28(39)40)36-29(41)22(33)14-18-16-34-23-8-4-2-6-20(18)23/h2-9,16-17,22,25-27,34-35H,10-15,33H2,1H3,(H,36,41)(H,37,42)(H,38,43)(H,39,40)(H,44,45). The van der Waals surface area contributed by atoms with Crippen molar-refractivity contribution in [3.63, 3.8) is 0 Å². The summed E-state index contributed by atoms with van der Waals surface area (Å²) in [5, 5.41) is 28.6. The van der Waals surface area contributed by atoms with Gasteiger partial charge < -0.3 is 41.9 Å². The molecule has 4 aromatic rings. The minimum atomic E-state index is -1.30. The summed E-state index contributed by atoms with van der Waals surface area (Å²) in [7, 11) is 0. The van der Waals surface area contributed by atoms with E-state index in [2.05, 4.69) is 25.9 Å². The molecule has 9 N–H and O–H groups in total. The summed E-state index contributed by atoms with van der Waals surface area (Å²) in [5.41, 5.74) is 9.41. The highest BCUT2D eigenvalue weighted by atomic mass is 32.2. The Morgan fingerprint density at radius 3 is 1.78 bits per heavy atom. The molecule has 4 rings (SSSR count). The number of hydrogen-bond donors (Lipinski definition) is 8. The first kappa shape index (κ1) is 34.1. The number of thioether (sulfide) groups is 1. The second-order valence-corrected chi connectivity index (χ2v) is 12.0. The fraction of sp³-hybridized carbons (Fsp3) is 0.344. The van der Waals surface area contributed by atoms with E-state index in [1.807, 2.05) is 54.8 Å². The number of nitrogens with one attached hydrogen (secondary N) is 5. The molecule has 0 spiro atoms. The van der Waals surface area contributed by atoms with E-state index in [4.69, 9.17) is 5.73 Å². The van der Waals surface area contributed by atoms with Gasteiger partial charge in [-0.3, -0.25) is 19.2 Å². The number of fused-ring (bicyclic) bond motifs is 2. The van der Waals surface area contributed by atoms with Crippen molar-refractivity contribution < 1.29 is 34.2 Å². The number of amides is 3. The minimum absolute atomic E-state index is 0.000107. The number of carboxylic acids is 2. The molecule has 2 aromatic heterocycles. The topological polar surface area (TPSA) is 219 Å². The highest BCUT2D eigenvalue weighted by Gasteiger charge is 2.31. The summed E-state index contributed by atoms with van der Waals surface area (Å²) >= 11 is 1.43. The molecular weight excluding hydrogens is 612 g/mol. The first-order valence-electron chi connectivity index (χ1n) is 14.8. The fourth-order valence-corrected chi connectivity index (χ4v) is 5.69. The molecular formula is C32H38N6O7S. The van der Waals surface area contributed by atoms with Crippen molar-refractivity contribution in [2.24, 2.45) is 5.73 Å². The van der Waals surface area contributed by atoms with Crippen molar-refractivity contribution in [3.05, 3.63) is 72.1 Å². The first-order chi connectivity index (χ1) is 22.1. The van der Waals surface area contributed by atoms with E-state index in [1.165, 1.54) is 11.8 Å². The molecule has 46 heavy (non-hydrogen) atoms. The van der Waals surface area contributed by atoms with Crippen LogP contribution < -0.4 is 21.7 Å². The van der Waals surface area contributed by atoms with Crippen LogP contribution in [0.2, 0.25) is 0 Å². The Kier molecular flexibility index (Phi) is 11.8. The van der Waals surface area contributed by atoms with Gasteiger partial charge in [0.25, 0.3) is 0 Å². The molecule has 2 aromatic carbocycles. The van der Waals surface area contributed by atoms with Crippen LogP contribution in [0.5, 0.6) is 0 Å². The smallest absolute Gasteiger partial charge is 0.326 e. The molecule has 0 aliphatic carbocycles. The Hall–Kier alpha value is -4.82. The van der Waals surface area contributed by atoms with Gasteiger partial charge in [-0.25, -0.2) is 4.79 Å². The van der Waals surface area contributed by atoms with Crippen molar-refractivity contribution >= 4 is 63.2 Å². The van der Waals surface area contributed by atoms with E-state index in [9.17, 15) is 34.2 Å². The lowest BCUT2D eigenvalue weighted by Crippen LogP contribution is -2.57. The van der Waals surface area contributed by atoms with Crippen LogP contribution in [0.15, 0.2) is 60.9 Å². The molecule has 244 valence electrons. The van der Waals surface area contributed by atoms with E-state index in [0.29, 0.717) is 11.3 Å². The Labute approximate surface area is 269 Å². The van der Waals surface area contributed by atoms with Crippen LogP contribution >= 0.6 is 11.8 Å². The van der Waals surface area contributed by atoms with Crippen molar-refractivity contribution in [3.8, 4) is 0 Å². The predicted octanol–water partition coefficient (Wildman–Crippen LogP) is 1.92. The molecule has 0 saturated heterocycles. The Morgan fingerprint density at radius 1 is 0.739 bits per heavy atom. The second kappa shape index (κ2) is 16.0. The van der Waals surface area contributed by atoms with E-state index < -0.39 is 60.2 Å².